The molecule has 0 spiro atoms. The van der Waals surface area contributed by atoms with Crippen LogP contribution in [0.1, 0.15) is 44.1 Å². The highest BCUT2D eigenvalue weighted by Gasteiger charge is 2.50. The zero-order valence-corrected chi connectivity index (χ0v) is 13.8. The summed E-state index contributed by atoms with van der Waals surface area (Å²) in [6.07, 6.45) is 8.58. The number of rotatable bonds is 4. The van der Waals surface area contributed by atoms with Crippen LogP contribution in [0.15, 0.2) is 12.1 Å². The van der Waals surface area contributed by atoms with Crippen molar-refractivity contribution in [1.82, 2.24) is 5.32 Å². The first-order valence-corrected chi connectivity index (χ1v) is 8.94. The van der Waals surface area contributed by atoms with E-state index >= 15 is 0 Å². The van der Waals surface area contributed by atoms with Crippen LogP contribution >= 0.6 is 0 Å². The first kappa shape index (κ1) is 14.0. The van der Waals surface area contributed by atoms with Gasteiger partial charge in [-0.1, -0.05) is 0 Å². The van der Waals surface area contributed by atoms with Gasteiger partial charge in [0.05, 0.1) is 7.11 Å². The standard InChI is InChI=1S/C19H25NO3/c1-21-16-5-15(6-17-18(16)23-11-22-17)10-20-19-7-12-2-13(8-19)4-14(3-12)9-19/h5-6,12-14,20H,2-4,7-11H2,1H3. The Morgan fingerprint density at radius 3 is 2.43 bits per heavy atom. The van der Waals surface area contributed by atoms with E-state index in [9.17, 15) is 0 Å². The van der Waals surface area contributed by atoms with Crippen LogP contribution in [-0.2, 0) is 6.54 Å². The molecular formula is C19H25NO3. The lowest BCUT2D eigenvalue weighted by Gasteiger charge is -2.57. The largest absolute Gasteiger partial charge is 0.493 e. The summed E-state index contributed by atoms with van der Waals surface area (Å²) in [6.45, 7) is 1.18. The minimum absolute atomic E-state index is 0.289. The van der Waals surface area contributed by atoms with Crippen LogP contribution in [0, 0.1) is 17.8 Å². The van der Waals surface area contributed by atoms with Crippen LogP contribution in [-0.4, -0.2) is 19.4 Å². The zero-order chi connectivity index (χ0) is 15.4. The van der Waals surface area contributed by atoms with Gasteiger partial charge in [0.25, 0.3) is 0 Å². The maximum absolute atomic E-state index is 5.55. The first-order valence-electron chi connectivity index (χ1n) is 8.94. The Labute approximate surface area is 137 Å². The predicted octanol–water partition coefficient (Wildman–Crippen LogP) is 3.48. The Kier molecular flexibility index (Phi) is 3.06. The number of nitrogens with one attached hydrogen (secondary N) is 1. The summed E-state index contributed by atoms with van der Waals surface area (Å²) in [5.74, 6) is 5.25. The van der Waals surface area contributed by atoms with E-state index in [2.05, 4.69) is 17.4 Å². The monoisotopic (exact) mass is 315 g/mol. The molecule has 0 radical (unpaired) electrons. The van der Waals surface area contributed by atoms with E-state index in [0.29, 0.717) is 5.54 Å². The summed E-state index contributed by atoms with van der Waals surface area (Å²) >= 11 is 0. The number of hydrogen-bond acceptors (Lipinski definition) is 4. The van der Waals surface area contributed by atoms with Gasteiger partial charge in [-0.3, -0.25) is 0 Å². The fourth-order valence-corrected chi connectivity index (χ4v) is 5.90. The lowest BCUT2D eigenvalue weighted by Crippen LogP contribution is -2.58. The highest BCUT2D eigenvalue weighted by Crippen LogP contribution is 2.55. The van der Waals surface area contributed by atoms with Gasteiger partial charge in [-0.05, 0) is 74.0 Å². The zero-order valence-electron chi connectivity index (χ0n) is 13.8. The second kappa shape index (κ2) is 5.04. The topological polar surface area (TPSA) is 39.7 Å². The van der Waals surface area contributed by atoms with Crippen LogP contribution < -0.4 is 19.5 Å². The van der Waals surface area contributed by atoms with Crippen molar-refractivity contribution in [2.24, 2.45) is 17.8 Å². The third kappa shape index (κ3) is 2.30. The van der Waals surface area contributed by atoms with Crippen LogP contribution in [0.4, 0.5) is 0 Å². The van der Waals surface area contributed by atoms with Crippen molar-refractivity contribution in [2.45, 2.75) is 50.6 Å². The fourth-order valence-electron chi connectivity index (χ4n) is 5.90. The van der Waals surface area contributed by atoms with Gasteiger partial charge in [0.1, 0.15) is 0 Å². The number of benzene rings is 1. The Morgan fingerprint density at radius 1 is 1.09 bits per heavy atom. The highest BCUT2D eigenvalue weighted by atomic mass is 16.7. The molecule has 0 atom stereocenters. The summed E-state index contributed by atoms with van der Waals surface area (Å²) in [5.41, 5.74) is 1.61. The quantitative estimate of drug-likeness (QED) is 0.923. The van der Waals surface area contributed by atoms with Crippen molar-refractivity contribution in [2.75, 3.05) is 13.9 Å². The van der Waals surface area contributed by atoms with Crippen LogP contribution in [0.5, 0.6) is 17.2 Å². The Balaban J connectivity index is 1.35. The van der Waals surface area contributed by atoms with Gasteiger partial charge in [-0.2, -0.15) is 0 Å². The van der Waals surface area contributed by atoms with Gasteiger partial charge in [-0.15, -0.1) is 0 Å². The number of hydrogen-bond donors (Lipinski definition) is 1. The van der Waals surface area contributed by atoms with Gasteiger partial charge in [0.2, 0.25) is 12.5 Å². The molecule has 1 heterocycles. The number of ether oxygens (including phenoxy) is 3. The molecule has 4 aliphatic carbocycles. The summed E-state index contributed by atoms with van der Waals surface area (Å²) in [5, 5.41) is 3.93. The van der Waals surface area contributed by atoms with Crippen LogP contribution in [0.25, 0.3) is 0 Å². The third-order valence-corrected chi connectivity index (χ3v) is 6.42. The van der Waals surface area contributed by atoms with E-state index in [0.717, 1.165) is 41.5 Å². The van der Waals surface area contributed by atoms with Gasteiger partial charge in [-0.25, -0.2) is 0 Å². The van der Waals surface area contributed by atoms with E-state index < -0.39 is 0 Å². The summed E-state index contributed by atoms with van der Waals surface area (Å²) < 4.78 is 16.5. The molecule has 0 amide bonds. The molecule has 0 aromatic heterocycles. The summed E-state index contributed by atoms with van der Waals surface area (Å²) in [6, 6.07) is 4.18. The maximum atomic E-state index is 5.55. The van der Waals surface area contributed by atoms with Crippen LogP contribution in [0.2, 0.25) is 0 Å². The molecule has 5 aliphatic rings. The summed E-state index contributed by atoms with van der Waals surface area (Å²) in [4.78, 5) is 0. The van der Waals surface area contributed by atoms with E-state index in [1.807, 2.05) is 0 Å². The SMILES string of the molecule is COc1cc(CNC23CC4CC(CC(C4)C2)C3)cc2c1OCO2. The van der Waals surface area contributed by atoms with E-state index in [1.54, 1.807) is 7.11 Å². The highest BCUT2D eigenvalue weighted by molar-refractivity contribution is 5.55. The second-order valence-electron chi connectivity index (χ2n) is 8.08. The normalized spacial score (nSPS) is 36.5. The predicted molar refractivity (Wildman–Crippen MR) is 86.9 cm³/mol. The fraction of sp³-hybridized carbons (Fsp3) is 0.684. The first-order chi connectivity index (χ1) is 11.2. The van der Waals surface area contributed by atoms with Gasteiger partial charge < -0.3 is 19.5 Å². The molecule has 124 valence electrons. The van der Waals surface area contributed by atoms with Gasteiger partial charge in [0.15, 0.2) is 11.5 Å². The molecule has 1 aromatic carbocycles. The second-order valence-corrected chi connectivity index (χ2v) is 8.08. The molecule has 6 rings (SSSR count). The number of methoxy groups -OCH3 is 1. The van der Waals surface area contributed by atoms with Crippen molar-refractivity contribution in [1.29, 1.82) is 0 Å². The molecule has 4 saturated carbocycles. The van der Waals surface area contributed by atoms with Gasteiger partial charge >= 0.3 is 0 Å². The molecule has 1 N–H and O–H groups in total. The molecule has 4 heteroatoms. The smallest absolute Gasteiger partial charge is 0.231 e. The van der Waals surface area contributed by atoms with Gasteiger partial charge in [0, 0.05) is 12.1 Å². The Bertz CT molecular complexity index is 592. The van der Waals surface area contributed by atoms with E-state index in [1.165, 1.54) is 44.1 Å². The minimum Gasteiger partial charge on any atom is -0.493 e. The van der Waals surface area contributed by atoms with E-state index in [4.69, 9.17) is 14.2 Å². The van der Waals surface area contributed by atoms with Crippen molar-refractivity contribution >= 4 is 0 Å². The average molecular weight is 315 g/mol. The van der Waals surface area contributed by atoms with E-state index in [-0.39, 0.29) is 6.79 Å². The molecule has 1 aliphatic heterocycles. The molecule has 23 heavy (non-hydrogen) atoms. The number of fused-ring (bicyclic) bond motifs is 1. The van der Waals surface area contributed by atoms with Crippen LogP contribution in [0.3, 0.4) is 0 Å². The Hall–Kier alpha value is -1.42. The van der Waals surface area contributed by atoms with Crippen molar-refractivity contribution in [3.05, 3.63) is 17.7 Å². The summed E-state index contributed by atoms with van der Waals surface area (Å²) in [7, 11) is 1.69. The van der Waals surface area contributed by atoms with Crippen molar-refractivity contribution in [3.63, 3.8) is 0 Å². The maximum Gasteiger partial charge on any atom is 0.231 e. The molecule has 4 bridgehead atoms. The molecule has 1 aromatic rings. The average Bonchev–Trinajstić information content (AvgIpc) is 2.99. The molecule has 4 fully saturated rings. The Morgan fingerprint density at radius 2 is 1.78 bits per heavy atom. The van der Waals surface area contributed by atoms with Crippen molar-refractivity contribution in [3.8, 4) is 17.2 Å². The van der Waals surface area contributed by atoms with Crippen molar-refractivity contribution < 1.29 is 14.2 Å². The molecule has 4 nitrogen and oxygen atoms in total. The molecular weight excluding hydrogens is 290 g/mol. The lowest BCUT2D eigenvalue weighted by atomic mass is 9.53. The minimum atomic E-state index is 0.289. The third-order valence-electron chi connectivity index (χ3n) is 6.42. The molecule has 0 saturated heterocycles. The molecule has 0 unspecified atom stereocenters. The lowest BCUT2D eigenvalue weighted by molar-refractivity contribution is -0.0206.